The maximum atomic E-state index is 14.0. The molecule has 2 N–H and O–H groups in total. The van der Waals surface area contributed by atoms with Crippen LogP contribution in [-0.2, 0) is 22.1 Å². The number of ether oxygens (including phenoxy) is 1. The third-order valence-corrected chi connectivity index (χ3v) is 8.37. The summed E-state index contributed by atoms with van der Waals surface area (Å²) in [5, 5.41) is 17.5. The smallest absolute Gasteiger partial charge is 0.416 e. The summed E-state index contributed by atoms with van der Waals surface area (Å²) in [5.74, 6) is -0.769. The average Bonchev–Trinajstić information content (AvgIpc) is 3.50. The van der Waals surface area contributed by atoms with Crippen LogP contribution < -0.4 is 0 Å². The van der Waals surface area contributed by atoms with E-state index in [1.807, 2.05) is 0 Å². The number of nitrogens with one attached hydrogen (secondary N) is 1. The fourth-order valence-electron chi connectivity index (χ4n) is 5.12. The van der Waals surface area contributed by atoms with Crippen molar-refractivity contribution in [1.29, 1.82) is 0 Å². The molecule has 2 unspecified atom stereocenters. The number of imide groups is 1. The second-order valence-electron chi connectivity index (χ2n) is 11.3. The van der Waals surface area contributed by atoms with Crippen LogP contribution in [0.15, 0.2) is 47.5 Å². The van der Waals surface area contributed by atoms with Crippen molar-refractivity contribution in [2.24, 2.45) is 0 Å². The van der Waals surface area contributed by atoms with Gasteiger partial charge in [0.1, 0.15) is 5.60 Å². The number of H-pyrrole nitrogens is 1. The van der Waals surface area contributed by atoms with E-state index in [1.54, 1.807) is 39.0 Å². The van der Waals surface area contributed by atoms with Gasteiger partial charge >= 0.3 is 12.3 Å². The molecule has 3 heterocycles. The van der Waals surface area contributed by atoms with Gasteiger partial charge in [0.25, 0.3) is 11.1 Å². The number of likely N-dealkylation sites (tertiary alicyclic amines) is 1. The molecule has 2 fully saturated rings. The zero-order chi connectivity index (χ0) is 31.3. The largest absolute Gasteiger partial charge is 0.444 e. The highest BCUT2D eigenvalue weighted by atomic mass is 35.5. The standard InChI is InChI=1S/C29H28ClF3N4O5S/c1-28(2,3)42-26(40)36-9-8-23(38)22(14-36)37-25(39)24(43-27(37)41)19(15-5-7-21-17(10-15)13-34-35-21)11-16-4-6-18(30)12-20(16)29(31,32)33/h4-7,10,12-13,22-23,38H,8-9,11,14H2,1-3H3,(H,34,35). The summed E-state index contributed by atoms with van der Waals surface area (Å²) < 4.78 is 47.5. The topological polar surface area (TPSA) is 116 Å². The van der Waals surface area contributed by atoms with E-state index in [0.29, 0.717) is 28.2 Å². The number of allylic oxidation sites excluding steroid dienone is 1. The number of carbonyl (C=O) groups excluding carboxylic acids is 3. The van der Waals surface area contributed by atoms with Gasteiger partial charge in [-0.2, -0.15) is 18.3 Å². The number of hydrogen-bond donors (Lipinski definition) is 2. The summed E-state index contributed by atoms with van der Waals surface area (Å²) in [4.78, 5) is 42.2. The fourth-order valence-corrected chi connectivity index (χ4v) is 6.28. The number of nitrogens with zero attached hydrogens (tertiary/aromatic N) is 3. The Kier molecular flexibility index (Phi) is 8.27. The van der Waals surface area contributed by atoms with E-state index in [-0.39, 0.29) is 47.0 Å². The number of alkyl halides is 3. The molecule has 0 radical (unpaired) electrons. The fraction of sp³-hybridized carbons (Fsp3) is 0.379. The Morgan fingerprint density at radius 1 is 1.19 bits per heavy atom. The molecule has 2 atom stereocenters. The van der Waals surface area contributed by atoms with Crippen LogP contribution in [0.1, 0.15) is 43.9 Å². The minimum absolute atomic E-state index is 0.0717. The van der Waals surface area contributed by atoms with Gasteiger partial charge in [-0.25, -0.2) is 4.79 Å². The number of rotatable bonds is 4. The first-order chi connectivity index (χ1) is 20.1. The maximum absolute atomic E-state index is 14.0. The number of aliphatic hydroxyl groups is 1. The van der Waals surface area contributed by atoms with E-state index in [4.69, 9.17) is 16.3 Å². The number of aromatic amines is 1. The van der Waals surface area contributed by atoms with Gasteiger partial charge in [-0.1, -0.05) is 23.7 Å². The Bertz CT molecular complexity index is 1630. The summed E-state index contributed by atoms with van der Waals surface area (Å²) in [6.45, 7) is 5.11. The van der Waals surface area contributed by atoms with E-state index in [9.17, 15) is 32.7 Å². The van der Waals surface area contributed by atoms with Crippen molar-refractivity contribution in [3.8, 4) is 0 Å². The van der Waals surface area contributed by atoms with Crippen molar-refractivity contribution >= 4 is 57.1 Å². The number of piperidine rings is 1. The highest BCUT2D eigenvalue weighted by Gasteiger charge is 2.47. The molecule has 43 heavy (non-hydrogen) atoms. The van der Waals surface area contributed by atoms with Crippen LogP contribution in [0, 0.1) is 0 Å². The molecule has 14 heteroatoms. The first kappa shape index (κ1) is 30.9. The number of hydrogen-bond acceptors (Lipinski definition) is 7. The SMILES string of the molecule is CC(C)(C)OC(=O)N1CCC(O)C(N2C(=O)SC(=C(Cc3ccc(Cl)cc3C(F)(F)F)c3ccc4[nH]ncc4c3)C2=O)C1. The van der Waals surface area contributed by atoms with Gasteiger partial charge in [-0.05, 0) is 86.3 Å². The molecule has 2 aliphatic heterocycles. The van der Waals surface area contributed by atoms with Crippen molar-refractivity contribution in [3.05, 3.63) is 69.2 Å². The van der Waals surface area contributed by atoms with E-state index in [1.165, 1.54) is 23.2 Å². The Balaban J connectivity index is 1.56. The Labute approximate surface area is 254 Å². The molecule has 9 nitrogen and oxygen atoms in total. The number of halogens is 4. The van der Waals surface area contributed by atoms with Gasteiger partial charge in [-0.3, -0.25) is 19.6 Å². The molecule has 3 amide bonds. The van der Waals surface area contributed by atoms with Crippen LogP contribution in [-0.4, -0.2) is 73.2 Å². The molecular formula is C29H28ClF3N4O5S. The molecule has 2 saturated heterocycles. The molecule has 0 saturated carbocycles. The number of aliphatic hydroxyl groups excluding tert-OH is 1. The summed E-state index contributed by atoms with van der Waals surface area (Å²) >= 11 is 6.48. The molecule has 228 valence electrons. The number of thioether (sulfide) groups is 1. The van der Waals surface area contributed by atoms with Crippen LogP contribution in [0.25, 0.3) is 16.5 Å². The predicted molar refractivity (Wildman–Crippen MR) is 155 cm³/mol. The maximum Gasteiger partial charge on any atom is 0.416 e. The van der Waals surface area contributed by atoms with Gasteiger partial charge in [-0.15, -0.1) is 0 Å². The summed E-state index contributed by atoms with van der Waals surface area (Å²) in [7, 11) is 0. The monoisotopic (exact) mass is 636 g/mol. The van der Waals surface area contributed by atoms with Crippen LogP contribution in [0.5, 0.6) is 0 Å². The van der Waals surface area contributed by atoms with Crippen LogP contribution in [0.4, 0.5) is 22.8 Å². The van der Waals surface area contributed by atoms with Gasteiger partial charge in [0, 0.05) is 23.5 Å². The lowest BCUT2D eigenvalue weighted by molar-refractivity contribution is -0.138. The number of benzene rings is 2. The van der Waals surface area contributed by atoms with Crippen molar-refractivity contribution in [2.45, 2.75) is 57.5 Å². The molecule has 3 aromatic rings. The highest BCUT2D eigenvalue weighted by Crippen LogP contribution is 2.42. The van der Waals surface area contributed by atoms with Crippen LogP contribution in [0.3, 0.4) is 0 Å². The van der Waals surface area contributed by atoms with Crippen molar-refractivity contribution in [2.75, 3.05) is 13.1 Å². The Morgan fingerprint density at radius 2 is 1.93 bits per heavy atom. The molecule has 0 aliphatic carbocycles. The van der Waals surface area contributed by atoms with Crippen molar-refractivity contribution in [3.63, 3.8) is 0 Å². The molecule has 2 aliphatic rings. The van der Waals surface area contributed by atoms with Gasteiger partial charge in [0.15, 0.2) is 0 Å². The minimum Gasteiger partial charge on any atom is -0.444 e. The Hall–Kier alpha value is -3.55. The minimum atomic E-state index is -4.73. The van der Waals surface area contributed by atoms with Crippen molar-refractivity contribution in [1.82, 2.24) is 20.0 Å². The summed E-state index contributed by atoms with van der Waals surface area (Å²) in [5.41, 5.74) is -0.601. The lowest BCUT2D eigenvalue weighted by Crippen LogP contribution is -2.58. The summed E-state index contributed by atoms with van der Waals surface area (Å²) in [6, 6.07) is 7.30. The number of amides is 3. The van der Waals surface area contributed by atoms with Crippen LogP contribution >= 0.6 is 23.4 Å². The zero-order valence-electron chi connectivity index (χ0n) is 23.4. The third kappa shape index (κ3) is 6.53. The van der Waals surface area contributed by atoms with E-state index < -0.39 is 46.7 Å². The van der Waals surface area contributed by atoms with Crippen molar-refractivity contribution < 1.29 is 37.4 Å². The molecule has 0 spiro atoms. The lowest BCUT2D eigenvalue weighted by atomic mass is 9.93. The molecule has 2 aromatic carbocycles. The van der Waals surface area contributed by atoms with Crippen LogP contribution in [0.2, 0.25) is 5.02 Å². The van der Waals surface area contributed by atoms with E-state index >= 15 is 0 Å². The Morgan fingerprint density at radius 3 is 2.63 bits per heavy atom. The second-order valence-corrected chi connectivity index (χ2v) is 12.7. The normalized spacial score (nSPS) is 21.1. The number of carbonyl (C=O) groups is 3. The molecule has 1 aromatic heterocycles. The quantitative estimate of drug-likeness (QED) is 0.325. The average molecular weight is 637 g/mol. The molecule has 0 bridgehead atoms. The summed E-state index contributed by atoms with van der Waals surface area (Å²) in [6.07, 6.45) is -5.21. The van der Waals surface area contributed by atoms with E-state index in [0.717, 1.165) is 11.0 Å². The predicted octanol–water partition coefficient (Wildman–Crippen LogP) is 6.25. The molecule has 5 rings (SSSR count). The second kappa shape index (κ2) is 11.5. The first-order valence-corrected chi connectivity index (χ1v) is 14.6. The first-order valence-electron chi connectivity index (χ1n) is 13.4. The van der Waals surface area contributed by atoms with E-state index in [2.05, 4.69) is 10.2 Å². The van der Waals surface area contributed by atoms with Gasteiger partial charge < -0.3 is 14.7 Å². The van der Waals surface area contributed by atoms with Gasteiger partial charge in [0.2, 0.25) is 0 Å². The molecular weight excluding hydrogens is 609 g/mol. The lowest BCUT2D eigenvalue weighted by Gasteiger charge is -2.39. The highest BCUT2D eigenvalue weighted by molar-refractivity contribution is 8.18. The number of fused-ring (bicyclic) bond motifs is 1. The zero-order valence-corrected chi connectivity index (χ0v) is 24.9. The number of aromatic nitrogens is 2. The third-order valence-electron chi connectivity index (χ3n) is 7.14. The van der Waals surface area contributed by atoms with Gasteiger partial charge in [0.05, 0.1) is 34.3 Å².